The molecule has 0 aromatic heterocycles. The quantitative estimate of drug-likeness (QED) is 0.871. The third kappa shape index (κ3) is 6.57. The van der Waals surface area contributed by atoms with Crippen molar-refractivity contribution >= 4 is 6.09 Å². The second kappa shape index (κ2) is 7.29. The van der Waals surface area contributed by atoms with E-state index in [4.69, 9.17) is 4.74 Å². The van der Waals surface area contributed by atoms with E-state index in [1.165, 1.54) is 0 Å². The molecule has 0 aliphatic carbocycles. The maximum atomic E-state index is 11.7. The number of hydrogen-bond acceptors (Lipinski definition) is 3. The van der Waals surface area contributed by atoms with E-state index in [0.717, 1.165) is 5.56 Å². The zero-order valence-corrected chi connectivity index (χ0v) is 12.7. The zero-order chi connectivity index (χ0) is 15.2. The first-order valence-corrected chi connectivity index (χ1v) is 6.98. The number of amides is 1. The van der Waals surface area contributed by atoms with Crippen LogP contribution in [0.4, 0.5) is 4.79 Å². The van der Waals surface area contributed by atoms with Crippen molar-refractivity contribution in [2.75, 3.05) is 6.54 Å². The van der Waals surface area contributed by atoms with Crippen molar-refractivity contribution in [2.45, 2.75) is 51.7 Å². The van der Waals surface area contributed by atoms with Crippen LogP contribution in [0.2, 0.25) is 0 Å². The molecule has 0 unspecified atom stereocenters. The first kappa shape index (κ1) is 16.5. The van der Waals surface area contributed by atoms with Crippen molar-refractivity contribution in [1.82, 2.24) is 5.32 Å². The molecular weight excluding hydrogens is 254 g/mol. The molecule has 20 heavy (non-hydrogen) atoms. The summed E-state index contributed by atoms with van der Waals surface area (Å²) in [5.41, 5.74) is 0.598. The zero-order valence-electron chi connectivity index (χ0n) is 12.7. The molecule has 0 radical (unpaired) electrons. The summed E-state index contributed by atoms with van der Waals surface area (Å²) in [6, 6.07) is 9.87. The van der Waals surface area contributed by atoms with E-state index in [-0.39, 0.29) is 5.92 Å². The van der Waals surface area contributed by atoms with Crippen LogP contribution in [0.5, 0.6) is 0 Å². The van der Waals surface area contributed by atoms with Crippen LogP contribution in [-0.2, 0) is 4.74 Å². The minimum absolute atomic E-state index is 0.0729. The van der Waals surface area contributed by atoms with Gasteiger partial charge in [-0.25, -0.2) is 4.79 Å². The normalized spacial score (nSPS) is 14.4. The number of rotatable bonds is 5. The molecule has 0 bridgehead atoms. The van der Waals surface area contributed by atoms with Crippen LogP contribution in [0.3, 0.4) is 0 Å². The second-order valence-electron chi connectivity index (χ2n) is 6.08. The van der Waals surface area contributed by atoms with Gasteiger partial charge in [-0.15, -0.1) is 0 Å². The first-order chi connectivity index (χ1) is 9.28. The molecule has 1 rings (SSSR count). The Hall–Kier alpha value is -1.55. The topological polar surface area (TPSA) is 58.6 Å². The number of carbonyl (C=O) groups is 1. The Morgan fingerprint density at radius 2 is 1.90 bits per heavy atom. The summed E-state index contributed by atoms with van der Waals surface area (Å²) in [6.45, 7) is 7.69. The highest BCUT2D eigenvalue weighted by Gasteiger charge is 2.19. The van der Waals surface area contributed by atoms with E-state index < -0.39 is 17.8 Å². The second-order valence-corrected chi connectivity index (χ2v) is 6.08. The molecule has 0 aliphatic heterocycles. The summed E-state index contributed by atoms with van der Waals surface area (Å²) >= 11 is 0. The average Bonchev–Trinajstić information content (AvgIpc) is 2.33. The van der Waals surface area contributed by atoms with Gasteiger partial charge >= 0.3 is 6.09 Å². The number of ether oxygens (including phenoxy) is 1. The standard InChI is InChI=1S/C16H25NO3/c1-12(18)10-14(13-8-6-5-7-9-13)11-17-15(19)20-16(2,3)4/h5-9,12,14,18H,10-11H2,1-4H3,(H,17,19)/t12-,14-/m1/s1. The van der Waals surface area contributed by atoms with Crippen LogP contribution in [0.15, 0.2) is 30.3 Å². The number of hydrogen-bond donors (Lipinski definition) is 2. The molecule has 0 aliphatic rings. The highest BCUT2D eigenvalue weighted by atomic mass is 16.6. The van der Waals surface area contributed by atoms with Crippen molar-refractivity contribution < 1.29 is 14.6 Å². The highest BCUT2D eigenvalue weighted by molar-refractivity contribution is 5.67. The third-order valence-corrected chi connectivity index (χ3v) is 2.79. The summed E-state index contributed by atoms with van der Waals surface area (Å²) in [4.78, 5) is 11.7. The van der Waals surface area contributed by atoms with Crippen molar-refractivity contribution in [1.29, 1.82) is 0 Å². The molecule has 0 fully saturated rings. The van der Waals surface area contributed by atoms with Gasteiger partial charge in [-0.3, -0.25) is 0 Å². The van der Waals surface area contributed by atoms with Gasteiger partial charge in [0.05, 0.1) is 6.10 Å². The largest absolute Gasteiger partial charge is 0.444 e. The molecule has 4 heteroatoms. The van der Waals surface area contributed by atoms with Gasteiger partial charge < -0.3 is 15.2 Å². The summed E-state index contributed by atoms with van der Waals surface area (Å²) in [5.74, 6) is 0.0729. The van der Waals surface area contributed by atoms with Crippen molar-refractivity contribution in [3.63, 3.8) is 0 Å². The first-order valence-electron chi connectivity index (χ1n) is 6.98. The monoisotopic (exact) mass is 279 g/mol. The smallest absolute Gasteiger partial charge is 0.407 e. The van der Waals surface area contributed by atoms with Crippen LogP contribution in [0.25, 0.3) is 0 Å². The molecular formula is C16H25NO3. The molecule has 112 valence electrons. The van der Waals surface area contributed by atoms with Gasteiger partial charge in [-0.05, 0) is 39.7 Å². The SMILES string of the molecule is C[C@@H](O)C[C@H](CNC(=O)OC(C)(C)C)c1ccccc1. The molecule has 1 aromatic rings. The van der Waals surface area contributed by atoms with Gasteiger partial charge in [0.1, 0.15) is 5.60 Å². The summed E-state index contributed by atoms with van der Waals surface area (Å²) in [6.07, 6.45) is -0.246. The van der Waals surface area contributed by atoms with Crippen molar-refractivity contribution in [2.24, 2.45) is 0 Å². The Balaban J connectivity index is 2.60. The lowest BCUT2D eigenvalue weighted by Crippen LogP contribution is -2.35. The highest BCUT2D eigenvalue weighted by Crippen LogP contribution is 2.20. The van der Waals surface area contributed by atoms with Gasteiger partial charge in [0.25, 0.3) is 0 Å². The van der Waals surface area contributed by atoms with Gasteiger partial charge in [-0.1, -0.05) is 30.3 Å². The molecule has 4 nitrogen and oxygen atoms in total. The van der Waals surface area contributed by atoms with Gasteiger partial charge in [0, 0.05) is 12.5 Å². The molecule has 2 atom stereocenters. The summed E-state index contributed by atoms with van der Waals surface area (Å²) in [7, 11) is 0. The molecule has 1 aromatic carbocycles. The van der Waals surface area contributed by atoms with Crippen LogP contribution < -0.4 is 5.32 Å². The summed E-state index contributed by atoms with van der Waals surface area (Å²) in [5, 5.41) is 12.4. The fourth-order valence-corrected chi connectivity index (χ4v) is 1.99. The Morgan fingerprint density at radius 3 is 2.40 bits per heavy atom. The van der Waals surface area contributed by atoms with E-state index >= 15 is 0 Å². The molecule has 2 N–H and O–H groups in total. The number of aliphatic hydroxyl groups is 1. The molecule has 1 amide bonds. The minimum atomic E-state index is -0.503. The van der Waals surface area contributed by atoms with E-state index in [1.54, 1.807) is 6.92 Å². The van der Waals surface area contributed by atoms with Crippen LogP contribution >= 0.6 is 0 Å². The maximum absolute atomic E-state index is 11.7. The number of carbonyl (C=O) groups excluding carboxylic acids is 1. The number of alkyl carbamates (subject to hydrolysis) is 1. The van der Waals surface area contributed by atoms with E-state index in [2.05, 4.69) is 5.32 Å². The fourth-order valence-electron chi connectivity index (χ4n) is 1.99. The van der Waals surface area contributed by atoms with Crippen LogP contribution in [-0.4, -0.2) is 29.4 Å². The van der Waals surface area contributed by atoms with Gasteiger partial charge in [-0.2, -0.15) is 0 Å². The number of aliphatic hydroxyl groups excluding tert-OH is 1. The predicted octanol–water partition coefficient (Wildman–Crippen LogP) is 3.07. The maximum Gasteiger partial charge on any atom is 0.407 e. The van der Waals surface area contributed by atoms with Gasteiger partial charge in [0.2, 0.25) is 0 Å². The van der Waals surface area contributed by atoms with Crippen LogP contribution in [0.1, 0.15) is 45.6 Å². The van der Waals surface area contributed by atoms with E-state index in [0.29, 0.717) is 13.0 Å². The Labute approximate surface area is 121 Å². The van der Waals surface area contributed by atoms with Crippen molar-refractivity contribution in [3.8, 4) is 0 Å². The molecule has 0 saturated carbocycles. The molecule has 0 spiro atoms. The van der Waals surface area contributed by atoms with Crippen LogP contribution in [0, 0.1) is 0 Å². The Kier molecular flexibility index (Phi) is 6.02. The molecule has 0 heterocycles. The number of nitrogens with one attached hydrogen (secondary N) is 1. The number of benzene rings is 1. The lowest BCUT2D eigenvalue weighted by atomic mass is 9.93. The van der Waals surface area contributed by atoms with E-state index in [1.807, 2.05) is 51.1 Å². The summed E-state index contributed by atoms with van der Waals surface area (Å²) < 4.78 is 5.22. The van der Waals surface area contributed by atoms with Gasteiger partial charge in [0.15, 0.2) is 0 Å². The van der Waals surface area contributed by atoms with E-state index in [9.17, 15) is 9.90 Å². The Morgan fingerprint density at radius 1 is 1.30 bits per heavy atom. The minimum Gasteiger partial charge on any atom is -0.444 e. The molecule has 0 saturated heterocycles. The lowest BCUT2D eigenvalue weighted by Gasteiger charge is -2.23. The lowest BCUT2D eigenvalue weighted by molar-refractivity contribution is 0.0520. The Bertz CT molecular complexity index is 409. The predicted molar refractivity (Wildman–Crippen MR) is 79.7 cm³/mol. The van der Waals surface area contributed by atoms with Crippen molar-refractivity contribution in [3.05, 3.63) is 35.9 Å². The average molecular weight is 279 g/mol. The fraction of sp³-hybridized carbons (Fsp3) is 0.562. The third-order valence-electron chi connectivity index (χ3n) is 2.79.